The van der Waals surface area contributed by atoms with E-state index < -0.39 is 31.4 Å². The zero-order valence-electron chi connectivity index (χ0n) is 14.3. The van der Waals surface area contributed by atoms with Crippen LogP contribution in [0.5, 0.6) is 11.5 Å². The van der Waals surface area contributed by atoms with Crippen molar-refractivity contribution in [3.63, 3.8) is 0 Å². The van der Waals surface area contributed by atoms with Crippen LogP contribution in [0.25, 0.3) is 0 Å². The van der Waals surface area contributed by atoms with E-state index in [0.29, 0.717) is 0 Å². The first-order valence-corrected chi connectivity index (χ1v) is 10.8. The Morgan fingerprint density at radius 1 is 0.793 bits per heavy atom. The van der Waals surface area contributed by atoms with E-state index in [1.165, 1.54) is 48.5 Å². The maximum absolute atomic E-state index is 13.0. The Labute approximate surface area is 186 Å². The molecular formula is C19H12Cl4O5S. The summed E-state index contributed by atoms with van der Waals surface area (Å²) in [6.45, 7) is 0. The summed E-state index contributed by atoms with van der Waals surface area (Å²) in [6.07, 6.45) is 0. The molecule has 5 nitrogen and oxygen atoms in total. The molecule has 0 amide bonds. The molecular weight excluding hydrogens is 482 g/mol. The Hall–Kier alpha value is -1.67. The Balaban J connectivity index is 2.64. The Morgan fingerprint density at radius 2 is 1.28 bits per heavy atom. The number of benzene rings is 3. The fourth-order valence-corrected chi connectivity index (χ4v) is 5.76. The Kier molecular flexibility index (Phi) is 5.98. The Bertz CT molecular complexity index is 1170. The van der Waals surface area contributed by atoms with Crippen molar-refractivity contribution < 1.29 is 23.2 Å². The monoisotopic (exact) mass is 492 g/mol. The third-order valence-corrected chi connectivity index (χ3v) is 6.96. The van der Waals surface area contributed by atoms with Gasteiger partial charge < -0.3 is 10.2 Å². The van der Waals surface area contributed by atoms with Gasteiger partial charge in [0.1, 0.15) is 0 Å². The predicted molar refractivity (Wildman–Crippen MR) is 114 cm³/mol. The molecule has 0 fully saturated rings. The van der Waals surface area contributed by atoms with Crippen LogP contribution < -0.4 is 0 Å². The van der Waals surface area contributed by atoms with Gasteiger partial charge in [0, 0.05) is 21.7 Å². The summed E-state index contributed by atoms with van der Waals surface area (Å²) in [6, 6.07) is 12.3. The molecule has 0 aromatic heterocycles. The topological polar surface area (TPSA) is 94.8 Å². The molecule has 152 valence electrons. The quantitative estimate of drug-likeness (QED) is 0.239. The van der Waals surface area contributed by atoms with Gasteiger partial charge >= 0.3 is 0 Å². The van der Waals surface area contributed by atoms with E-state index in [1.807, 2.05) is 0 Å². The zero-order valence-corrected chi connectivity index (χ0v) is 18.1. The summed E-state index contributed by atoms with van der Waals surface area (Å²) >= 11 is 24.7. The molecule has 3 N–H and O–H groups in total. The number of phenolic OH excluding ortho intramolecular Hbond substituents is 2. The van der Waals surface area contributed by atoms with Crippen LogP contribution in [0, 0.1) is 0 Å². The molecule has 0 radical (unpaired) electrons. The zero-order chi connectivity index (χ0) is 21.6. The van der Waals surface area contributed by atoms with Crippen molar-refractivity contribution in [3.05, 3.63) is 91.4 Å². The fraction of sp³-hybridized carbons (Fsp3) is 0.0526. The van der Waals surface area contributed by atoms with Gasteiger partial charge in [0.15, 0.2) is 16.2 Å². The van der Waals surface area contributed by atoms with Crippen LogP contribution >= 0.6 is 46.4 Å². The molecule has 0 aliphatic rings. The Morgan fingerprint density at radius 3 is 1.69 bits per heavy atom. The van der Waals surface area contributed by atoms with Crippen molar-refractivity contribution in [2.75, 3.05) is 0 Å². The highest BCUT2D eigenvalue weighted by Gasteiger charge is 2.51. The second-order valence-electron chi connectivity index (χ2n) is 6.09. The summed E-state index contributed by atoms with van der Waals surface area (Å²) in [5, 5.41) is 19.5. The molecule has 0 aliphatic heterocycles. The summed E-state index contributed by atoms with van der Waals surface area (Å²) < 4.78 is 34.1. The fourth-order valence-electron chi connectivity index (χ4n) is 3.22. The number of phenols is 2. The first-order valence-electron chi connectivity index (χ1n) is 7.89. The van der Waals surface area contributed by atoms with Gasteiger partial charge in [0.05, 0.1) is 10.0 Å². The maximum Gasteiger partial charge on any atom is 0.283 e. The van der Waals surface area contributed by atoms with Crippen molar-refractivity contribution in [2.24, 2.45) is 0 Å². The second-order valence-corrected chi connectivity index (χ2v) is 9.31. The van der Waals surface area contributed by atoms with Crippen molar-refractivity contribution >= 4 is 56.5 Å². The van der Waals surface area contributed by atoms with Crippen LogP contribution in [0.1, 0.15) is 16.7 Å². The van der Waals surface area contributed by atoms with Gasteiger partial charge in [-0.1, -0.05) is 70.7 Å². The van der Waals surface area contributed by atoms with Gasteiger partial charge in [0.2, 0.25) is 0 Å². The van der Waals surface area contributed by atoms with Crippen molar-refractivity contribution in [1.29, 1.82) is 0 Å². The van der Waals surface area contributed by atoms with Crippen LogP contribution in [0.15, 0.2) is 54.6 Å². The van der Waals surface area contributed by atoms with Crippen LogP contribution in [0.2, 0.25) is 20.1 Å². The lowest BCUT2D eigenvalue weighted by atomic mass is 9.83. The highest BCUT2D eigenvalue weighted by atomic mass is 35.5. The largest absolute Gasteiger partial charge is 0.504 e. The van der Waals surface area contributed by atoms with E-state index in [1.54, 1.807) is 0 Å². The molecule has 0 spiro atoms. The number of aromatic hydroxyl groups is 2. The molecule has 3 aromatic rings. The minimum absolute atomic E-state index is 0.0105. The summed E-state index contributed by atoms with van der Waals surface area (Å²) in [5.74, 6) is -1.46. The molecule has 3 rings (SSSR count). The molecule has 0 atom stereocenters. The van der Waals surface area contributed by atoms with E-state index in [4.69, 9.17) is 46.4 Å². The van der Waals surface area contributed by atoms with Gasteiger partial charge in [0.25, 0.3) is 10.1 Å². The number of hydrogen-bond donors (Lipinski definition) is 3. The van der Waals surface area contributed by atoms with Gasteiger partial charge in [-0.05, 0) is 35.4 Å². The normalized spacial score (nSPS) is 12.2. The lowest BCUT2D eigenvalue weighted by Crippen LogP contribution is -2.39. The van der Waals surface area contributed by atoms with Crippen molar-refractivity contribution in [2.45, 2.75) is 4.75 Å². The number of halogens is 4. The first kappa shape index (κ1) is 22.0. The molecule has 10 heteroatoms. The average molecular weight is 494 g/mol. The van der Waals surface area contributed by atoms with Crippen molar-refractivity contribution in [1.82, 2.24) is 0 Å². The van der Waals surface area contributed by atoms with Crippen LogP contribution in [0.3, 0.4) is 0 Å². The van der Waals surface area contributed by atoms with Gasteiger partial charge in [-0.25, -0.2) is 0 Å². The molecule has 0 saturated carbocycles. The molecule has 3 aromatic carbocycles. The van der Waals surface area contributed by atoms with E-state index in [9.17, 15) is 23.2 Å². The minimum Gasteiger partial charge on any atom is -0.504 e. The first-order chi connectivity index (χ1) is 13.5. The average Bonchev–Trinajstić information content (AvgIpc) is 2.62. The lowest BCUT2D eigenvalue weighted by molar-refractivity contribution is 0.402. The summed E-state index contributed by atoms with van der Waals surface area (Å²) in [5.41, 5.74) is -0.393. The summed E-state index contributed by atoms with van der Waals surface area (Å²) in [4.78, 5) is 0. The highest BCUT2D eigenvalue weighted by Crippen LogP contribution is 2.53. The number of rotatable bonds is 4. The van der Waals surface area contributed by atoms with Gasteiger partial charge in [-0.3, -0.25) is 4.55 Å². The predicted octanol–water partition coefficient (Wildman–Crippen LogP) is 5.89. The lowest BCUT2D eigenvalue weighted by Gasteiger charge is -2.34. The standard InChI is InChI=1S/C19H12Cl4O5S/c20-12-5-1-3-10(7-12)19(29(26,27)28,11-4-2-6-13(21)8-11)16-14(22)9-15(24)18(25)17(16)23/h1-9,24-25H,(H,26,27,28). The van der Waals surface area contributed by atoms with E-state index >= 15 is 0 Å². The molecule has 0 aliphatic carbocycles. The highest BCUT2D eigenvalue weighted by molar-refractivity contribution is 7.87. The van der Waals surface area contributed by atoms with E-state index in [2.05, 4.69) is 0 Å². The number of hydrogen-bond acceptors (Lipinski definition) is 4. The SMILES string of the molecule is O=S(=O)(O)C(c1cccc(Cl)c1)(c1cccc(Cl)c1)c1c(Cl)cc(O)c(O)c1Cl. The second kappa shape index (κ2) is 7.87. The molecule has 0 saturated heterocycles. The van der Waals surface area contributed by atoms with Crippen LogP contribution in [-0.2, 0) is 14.9 Å². The molecule has 0 bridgehead atoms. The van der Waals surface area contributed by atoms with Gasteiger partial charge in [-0.2, -0.15) is 8.42 Å². The van der Waals surface area contributed by atoms with Crippen molar-refractivity contribution in [3.8, 4) is 11.5 Å². The molecule has 0 heterocycles. The smallest absolute Gasteiger partial charge is 0.283 e. The maximum atomic E-state index is 13.0. The third kappa shape index (κ3) is 3.65. The van der Waals surface area contributed by atoms with E-state index in [0.717, 1.165) is 6.07 Å². The summed E-state index contributed by atoms with van der Waals surface area (Å²) in [7, 11) is -5.07. The minimum atomic E-state index is -5.07. The molecule has 29 heavy (non-hydrogen) atoms. The molecule has 0 unspecified atom stereocenters. The van der Waals surface area contributed by atoms with Gasteiger partial charge in [-0.15, -0.1) is 0 Å². The van der Waals surface area contributed by atoms with Crippen LogP contribution in [-0.4, -0.2) is 23.2 Å². The van der Waals surface area contributed by atoms with Crippen LogP contribution in [0.4, 0.5) is 0 Å². The van der Waals surface area contributed by atoms with E-state index in [-0.39, 0.29) is 31.8 Å². The third-order valence-electron chi connectivity index (χ3n) is 4.37.